The number of hydrogen-bond acceptors (Lipinski definition) is 3. The van der Waals surface area contributed by atoms with Crippen LogP contribution in [0.5, 0.6) is 0 Å². The fourth-order valence-electron chi connectivity index (χ4n) is 2.68. The van der Waals surface area contributed by atoms with Crippen molar-refractivity contribution in [2.24, 2.45) is 0 Å². The number of hydrazine groups is 1. The van der Waals surface area contributed by atoms with Crippen molar-refractivity contribution >= 4 is 11.6 Å². The SMILES string of the molecule is CN1C=C(C(=O)Nc2ccccc2)C(c2ccccc2)N1C. The standard InChI is InChI=1S/C18H19N3O/c1-20-13-16(18(22)19-15-11-7-4-8-12-15)17(21(20)2)14-9-5-3-6-10-14/h3-13,17H,1-2H3,(H,19,22). The van der Waals surface area contributed by atoms with Gasteiger partial charge in [-0.3, -0.25) is 4.79 Å². The molecule has 4 heteroatoms. The molecule has 0 fully saturated rings. The lowest BCUT2D eigenvalue weighted by molar-refractivity contribution is -0.113. The molecule has 1 amide bonds. The molecule has 2 aromatic rings. The van der Waals surface area contributed by atoms with Crippen LogP contribution in [0, 0.1) is 0 Å². The fraction of sp³-hybridized carbons (Fsp3) is 0.167. The van der Waals surface area contributed by atoms with Crippen molar-refractivity contribution in [3.8, 4) is 0 Å². The molecule has 0 saturated heterocycles. The number of amides is 1. The average molecular weight is 293 g/mol. The number of nitrogens with zero attached hydrogens (tertiary/aromatic N) is 2. The van der Waals surface area contributed by atoms with Gasteiger partial charge in [-0.1, -0.05) is 48.5 Å². The van der Waals surface area contributed by atoms with Crippen LogP contribution in [0.25, 0.3) is 0 Å². The van der Waals surface area contributed by atoms with E-state index in [4.69, 9.17) is 0 Å². The zero-order valence-corrected chi connectivity index (χ0v) is 12.7. The first-order valence-corrected chi connectivity index (χ1v) is 7.25. The van der Waals surface area contributed by atoms with Gasteiger partial charge in [0.2, 0.25) is 0 Å². The van der Waals surface area contributed by atoms with Gasteiger partial charge in [0.25, 0.3) is 5.91 Å². The molecule has 1 aliphatic rings. The maximum absolute atomic E-state index is 12.7. The molecule has 0 aliphatic carbocycles. The number of para-hydroxylation sites is 1. The highest BCUT2D eigenvalue weighted by Crippen LogP contribution is 2.34. The van der Waals surface area contributed by atoms with E-state index in [1.807, 2.05) is 86.0 Å². The van der Waals surface area contributed by atoms with E-state index in [-0.39, 0.29) is 11.9 Å². The zero-order chi connectivity index (χ0) is 15.5. The third kappa shape index (κ3) is 2.73. The van der Waals surface area contributed by atoms with Gasteiger partial charge >= 0.3 is 0 Å². The number of carbonyl (C=O) groups is 1. The molecule has 2 aromatic carbocycles. The molecule has 1 N–H and O–H groups in total. The van der Waals surface area contributed by atoms with Crippen LogP contribution < -0.4 is 5.32 Å². The Morgan fingerprint density at radius 2 is 1.55 bits per heavy atom. The molecule has 0 spiro atoms. The van der Waals surface area contributed by atoms with E-state index in [2.05, 4.69) is 10.3 Å². The third-order valence-electron chi connectivity index (χ3n) is 3.90. The van der Waals surface area contributed by atoms with E-state index in [0.29, 0.717) is 0 Å². The van der Waals surface area contributed by atoms with Crippen molar-refractivity contribution in [1.29, 1.82) is 0 Å². The van der Waals surface area contributed by atoms with Gasteiger partial charge in [0, 0.05) is 26.0 Å². The molecular formula is C18H19N3O. The predicted molar refractivity (Wildman–Crippen MR) is 87.9 cm³/mol. The Labute approximate surface area is 130 Å². The first-order valence-electron chi connectivity index (χ1n) is 7.25. The summed E-state index contributed by atoms with van der Waals surface area (Å²) in [5.41, 5.74) is 2.64. The molecule has 1 aliphatic heterocycles. The van der Waals surface area contributed by atoms with Crippen LogP contribution in [0.15, 0.2) is 72.4 Å². The van der Waals surface area contributed by atoms with Crippen molar-refractivity contribution in [2.45, 2.75) is 6.04 Å². The van der Waals surface area contributed by atoms with Crippen molar-refractivity contribution in [1.82, 2.24) is 10.0 Å². The van der Waals surface area contributed by atoms with Crippen molar-refractivity contribution in [3.63, 3.8) is 0 Å². The predicted octanol–water partition coefficient (Wildman–Crippen LogP) is 3.04. The number of hydrogen-bond donors (Lipinski definition) is 1. The Hall–Kier alpha value is -2.59. The minimum Gasteiger partial charge on any atom is -0.322 e. The van der Waals surface area contributed by atoms with Crippen LogP contribution >= 0.6 is 0 Å². The van der Waals surface area contributed by atoms with E-state index in [0.717, 1.165) is 16.8 Å². The summed E-state index contributed by atoms with van der Waals surface area (Å²) in [5, 5.41) is 6.96. The Kier molecular flexibility index (Phi) is 3.94. The first kappa shape index (κ1) is 14.4. The van der Waals surface area contributed by atoms with E-state index in [1.165, 1.54) is 0 Å². The van der Waals surface area contributed by atoms with E-state index in [1.54, 1.807) is 0 Å². The van der Waals surface area contributed by atoms with E-state index in [9.17, 15) is 4.79 Å². The van der Waals surface area contributed by atoms with Crippen LogP contribution in [0.4, 0.5) is 5.69 Å². The highest BCUT2D eigenvalue weighted by molar-refractivity contribution is 6.04. The molecule has 1 heterocycles. The lowest BCUT2D eigenvalue weighted by Crippen LogP contribution is -2.32. The van der Waals surface area contributed by atoms with Crippen molar-refractivity contribution in [2.75, 3.05) is 19.4 Å². The van der Waals surface area contributed by atoms with Crippen molar-refractivity contribution in [3.05, 3.63) is 78.0 Å². The minimum absolute atomic E-state index is 0.0729. The van der Waals surface area contributed by atoms with E-state index < -0.39 is 0 Å². The summed E-state index contributed by atoms with van der Waals surface area (Å²) in [6.45, 7) is 0. The molecule has 22 heavy (non-hydrogen) atoms. The Balaban J connectivity index is 1.87. The van der Waals surface area contributed by atoms with Gasteiger partial charge in [-0.25, -0.2) is 5.01 Å². The number of benzene rings is 2. The zero-order valence-electron chi connectivity index (χ0n) is 12.7. The van der Waals surface area contributed by atoms with Crippen molar-refractivity contribution < 1.29 is 4.79 Å². The summed E-state index contributed by atoms with van der Waals surface area (Å²) < 4.78 is 0. The van der Waals surface area contributed by atoms with Crippen LogP contribution in [-0.2, 0) is 4.79 Å². The second-order valence-electron chi connectivity index (χ2n) is 5.37. The van der Waals surface area contributed by atoms with Gasteiger partial charge in [0.15, 0.2) is 0 Å². The normalized spacial score (nSPS) is 18.2. The molecule has 0 saturated carbocycles. The molecule has 112 valence electrons. The highest BCUT2D eigenvalue weighted by atomic mass is 16.1. The van der Waals surface area contributed by atoms with Crippen LogP contribution in [-0.4, -0.2) is 30.0 Å². The monoisotopic (exact) mass is 293 g/mol. The van der Waals surface area contributed by atoms with Crippen LogP contribution in [0.2, 0.25) is 0 Å². The topological polar surface area (TPSA) is 35.6 Å². The lowest BCUT2D eigenvalue weighted by atomic mass is 9.99. The van der Waals surface area contributed by atoms with Crippen LogP contribution in [0.3, 0.4) is 0 Å². The lowest BCUT2D eigenvalue weighted by Gasteiger charge is -2.27. The quantitative estimate of drug-likeness (QED) is 0.945. The summed E-state index contributed by atoms with van der Waals surface area (Å²) in [4.78, 5) is 12.7. The average Bonchev–Trinajstić information content (AvgIpc) is 2.85. The molecule has 0 bridgehead atoms. The van der Waals surface area contributed by atoms with Gasteiger partial charge in [0.05, 0.1) is 11.6 Å². The Morgan fingerprint density at radius 3 is 2.18 bits per heavy atom. The largest absolute Gasteiger partial charge is 0.322 e. The van der Waals surface area contributed by atoms with E-state index >= 15 is 0 Å². The second kappa shape index (κ2) is 6.03. The van der Waals surface area contributed by atoms with Gasteiger partial charge in [-0.15, -0.1) is 0 Å². The molecule has 4 nitrogen and oxygen atoms in total. The third-order valence-corrected chi connectivity index (χ3v) is 3.90. The minimum atomic E-state index is -0.0742. The van der Waals surface area contributed by atoms with Gasteiger partial charge < -0.3 is 10.3 Å². The van der Waals surface area contributed by atoms with Crippen LogP contribution in [0.1, 0.15) is 11.6 Å². The summed E-state index contributed by atoms with van der Waals surface area (Å²) in [5.74, 6) is -0.0729. The Bertz CT molecular complexity index is 682. The summed E-state index contributed by atoms with van der Waals surface area (Å²) in [7, 11) is 3.93. The molecule has 3 rings (SSSR count). The maximum atomic E-state index is 12.7. The molecule has 1 atom stereocenters. The number of anilines is 1. The summed E-state index contributed by atoms with van der Waals surface area (Å²) >= 11 is 0. The molecule has 0 aromatic heterocycles. The van der Waals surface area contributed by atoms with Gasteiger partial charge in [0.1, 0.15) is 0 Å². The fourth-order valence-corrected chi connectivity index (χ4v) is 2.68. The maximum Gasteiger partial charge on any atom is 0.255 e. The molecular weight excluding hydrogens is 274 g/mol. The molecule has 1 unspecified atom stereocenters. The number of nitrogens with one attached hydrogen (secondary N) is 1. The highest BCUT2D eigenvalue weighted by Gasteiger charge is 2.33. The van der Waals surface area contributed by atoms with Gasteiger partial charge in [-0.05, 0) is 17.7 Å². The number of rotatable bonds is 3. The second-order valence-corrected chi connectivity index (χ2v) is 5.37. The summed E-state index contributed by atoms with van der Waals surface area (Å²) in [6, 6.07) is 19.5. The number of carbonyl (C=O) groups excluding carboxylic acids is 1. The van der Waals surface area contributed by atoms with Gasteiger partial charge in [-0.2, -0.15) is 0 Å². The molecule has 0 radical (unpaired) electrons. The first-order chi connectivity index (χ1) is 10.7. The smallest absolute Gasteiger partial charge is 0.255 e. The Morgan fingerprint density at radius 1 is 0.955 bits per heavy atom. The number of likely N-dealkylation sites (N-methyl/N-ethyl adjacent to an activating group) is 1. The summed E-state index contributed by atoms with van der Waals surface area (Å²) in [6.07, 6.45) is 1.88.